The lowest BCUT2D eigenvalue weighted by molar-refractivity contribution is 0.237. The largest absolute Gasteiger partial charge is 0.243 e. The zero-order valence-electron chi connectivity index (χ0n) is 5.47. The average molecular weight is 167 g/mol. The summed E-state index contributed by atoms with van der Waals surface area (Å²) >= 11 is 0. The number of rotatable bonds is 2. The molecule has 0 heterocycles. The first kappa shape index (κ1) is 7.55. The number of halogens is 1. The maximum atomic E-state index is 10.4. The molecular weight excluding hydrogens is 156 g/mol. The van der Waals surface area contributed by atoms with E-state index in [4.69, 9.17) is 10.7 Å². The second-order valence-electron chi connectivity index (χ2n) is 2.90. The van der Waals surface area contributed by atoms with Crippen molar-refractivity contribution < 1.29 is 4.21 Å². The van der Waals surface area contributed by atoms with Crippen LogP contribution in [-0.4, -0.2) is 9.96 Å². The highest BCUT2D eigenvalue weighted by Crippen LogP contribution is 2.33. The lowest BCUT2D eigenvalue weighted by Crippen LogP contribution is -2.24. The molecule has 0 bridgehead atoms. The molecule has 54 valence electrons. The molecule has 1 rings (SSSR count). The number of hydrogen-bond donors (Lipinski definition) is 0. The third-order valence-electron chi connectivity index (χ3n) is 1.84. The van der Waals surface area contributed by atoms with Gasteiger partial charge < -0.3 is 0 Å². The van der Waals surface area contributed by atoms with Crippen LogP contribution in [0.4, 0.5) is 0 Å². The van der Waals surface area contributed by atoms with Crippen LogP contribution in [0.25, 0.3) is 0 Å². The highest BCUT2D eigenvalue weighted by molar-refractivity contribution is 8.08. The van der Waals surface area contributed by atoms with E-state index >= 15 is 0 Å². The molecule has 0 aromatic carbocycles. The summed E-state index contributed by atoms with van der Waals surface area (Å²) in [5.74, 6) is 2.19. The van der Waals surface area contributed by atoms with Crippen LogP contribution in [0.5, 0.6) is 0 Å². The zero-order valence-corrected chi connectivity index (χ0v) is 7.04. The molecule has 1 atom stereocenters. The van der Waals surface area contributed by atoms with Crippen LogP contribution in [0, 0.1) is 11.8 Å². The molecule has 0 aliphatic heterocycles. The predicted octanol–water partition coefficient (Wildman–Crippen LogP) is 1.94. The van der Waals surface area contributed by atoms with Crippen molar-refractivity contribution in [3.63, 3.8) is 0 Å². The maximum absolute atomic E-state index is 10.4. The van der Waals surface area contributed by atoms with Crippen molar-refractivity contribution in [2.45, 2.75) is 19.8 Å². The van der Waals surface area contributed by atoms with Crippen molar-refractivity contribution in [2.24, 2.45) is 11.8 Å². The molecule has 1 fully saturated rings. The van der Waals surface area contributed by atoms with Gasteiger partial charge in [0.05, 0.1) is 0 Å². The average Bonchev–Trinajstić information content (AvgIpc) is 1.60. The zero-order chi connectivity index (χ0) is 6.85. The van der Waals surface area contributed by atoms with Crippen LogP contribution >= 0.6 is 10.7 Å². The topological polar surface area (TPSA) is 17.1 Å². The van der Waals surface area contributed by atoms with Gasteiger partial charge in [-0.15, -0.1) is 0 Å². The van der Waals surface area contributed by atoms with Crippen molar-refractivity contribution in [3.8, 4) is 0 Å². The summed E-state index contributed by atoms with van der Waals surface area (Å²) in [7, 11) is 4.22. The van der Waals surface area contributed by atoms with Crippen LogP contribution in [0.3, 0.4) is 0 Å². The molecule has 0 spiro atoms. The molecule has 1 unspecified atom stereocenters. The summed E-state index contributed by atoms with van der Waals surface area (Å²) in [6, 6.07) is 0. The Balaban J connectivity index is 2.11. The van der Waals surface area contributed by atoms with Gasteiger partial charge in [-0.25, -0.2) is 4.21 Å². The Labute approximate surface area is 62.7 Å². The molecule has 0 radical (unpaired) electrons. The van der Waals surface area contributed by atoms with E-state index in [9.17, 15) is 4.21 Å². The molecular formula is C6H11ClOS. The van der Waals surface area contributed by atoms with Gasteiger partial charge in [0.25, 0.3) is 0 Å². The second kappa shape index (κ2) is 3.02. The Morgan fingerprint density at radius 1 is 1.67 bits per heavy atom. The summed E-state index contributed by atoms with van der Waals surface area (Å²) < 4.78 is 10.4. The minimum absolute atomic E-state index is 0.651. The monoisotopic (exact) mass is 166 g/mol. The Kier molecular flexibility index (Phi) is 2.53. The molecule has 0 N–H and O–H groups in total. The highest BCUT2D eigenvalue weighted by atomic mass is 35.7. The summed E-state index contributed by atoms with van der Waals surface area (Å²) in [5.41, 5.74) is 0. The summed E-state index contributed by atoms with van der Waals surface area (Å²) in [5, 5.41) is 0. The fourth-order valence-corrected chi connectivity index (χ4v) is 2.57. The van der Waals surface area contributed by atoms with Crippen LogP contribution in [0.1, 0.15) is 19.8 Å². The van der Waals surface area contributed by atoms with Crippen LogP contribution < -0.4 is 0 Å². The molecule has 1 aliphatic rings. The van der Waals surface area contributed by atoms with Gasteiger partial charge in [-0.2, -0.15) is 0 Å². The number of hydrogen-bond acceptors (Lipinski definition) is 1. The first-order chi connectivity index (χ1) is 4.18. The first-order valence-electron chi connectivity index (χ1n) is 3.23. The van der Waals surface area contributed by atoms with Gasteiger partial charge in [-0.1, -0.05) is 6.92 Å². The highest BCUT2D eigenvalue weighted by Gasteiger charge is 2.26. The normalized spacial score (nSPS) is 37.6. The standard InChI is InChI=1S/C6H11ClOS/c1-5-2-6(3-5)4-9(7)8/h5-6H,2-4H2,1H3. The molecule has 0 amide bonds. The van der Waals surface area contributed by atoms with Crippen molar-refractivity contribution in [2.75, 3.05) is 5.75 Å². The van der Waals surface area contributed by atoms with E-state index in [0.29, 0.717) is 11.7 Å². The van der Waals surface area contributed by atoms with Gasteiger partial charge >= 0.3 is 0 Å². The Bertz CT molecular complexity index is 120. The van der Waals surface area contributed by atoms with Crippen molar-refractivity contribution in [1.29, 1.82) is 0 Å². The third-order valence-corrected chi connectivity index (χ3v) is 2.95. The minimum atomic E-state index is -1.09. The van der Waals surface area contributed by atoms with E-state index in [0.717, 1.165) is 5.92 Å². The fraction of sp³-hybridized carbons (Fsp3) is 1.00. The first-order valence-corrected chi connectivity index (χ1v) is 5.37. The minimum Gasteiger partial charge on any atom is -0.243 e. The molecule has 1 aliphatic carbocycles. The Morgan fingerprint density at radius 2 is 2.22 bits per heavy atom. The van der Waals surface area contributed by atoms with E-state index in [-0.39, 0.29) is 0 Å². The summed E-state index contributed by atoms with van der Waals surface area (Å²) in [6.07, 6.45) is 2.44. The van der Waals surface area contributed by atoms with Gasteiger partial charge in [0.15, 0.2) is 0 Å². The van der Waals surface area contributed by atoms with E-state index in [1.54, 1.807) is 0 Å². The molecule has 0 saturated heterocycles. The van der Waals surface area contributed by atoms with Gasteiger partial charge in [-0.3, -0.25) is 0 Å². The predicted molar refractivity (Wildman–Crippen MR) is 40.8 cm³/mol. The third kappa shape index (κ3) is 2.26. The quantitative estimate of drug-likeness (QED) is 0.573. The summed E-state index contributed by atoms with van der Waals surface area (Å²) in [4.78, 5) is 0. The molecule has 1 saturated carbocycles. The van der Waals surface area contributed by atoms with E-state index in [1.807, 2.05) is 0 Å². The lowest BCUT2D eigenvalue weighted by atomic mass is 9.77. The van der Waals surface area contributed by atoms with Gasteiger partial charge in [0.2, 0.25) is 0 Å². The van der Waals surface area contributed by atoms with E-state index in [2.05, 4.69) is 6.92 Å². The van der Waals surface area contributed by atoms with Crippen molar-refractivity contribution in [1.82, 2.24) is 0 Å². The summed E-state index contributed by atoms with van der Waals surface area (Å²) in [6.45, 7) is 2.22. The lowest BCUT2D eigenvalue weighted by Gasteiger charge is -2.31. The van der Waals surface area contributed by atoms with Crippen LogP contribution in [0.2, 0.25) is 0 Å². The van der Waals surface area contributed by atoms with E-state index in [1.165, 1.54) is 12.8 Å². The molecule has 1 nitrogen and oxygen atoms in total. The Hall–Kier alpha value is 0.440. The second-order valence-corrected chi connectivity index (χ2v) is 4.85. The molecule has 0 aromatic heterocycles. The molecule has 0 aromatic rings. The smallest absolute Gasteiger partial charge is 0.115 e. The van der Waals surface area contributed by atoms with Crippen LogP contribution in [-0.2, 0) is 10.0 Å². The van der Waals surface area contributed by atoms with E-state index < -0.39 is 10.0 Å². The fourth-order valence-electron chi connectivity index (χ4n) is 1.39. The van der Waals surface area contributed by atoms with Crippen LogP contribution in [0.15, 0.2) is 0 Å². The van der Waals surface area contributed by atoms with Gasteiger partial charge in [0, 0.05) is 5.75 Å². The maximum Gasteiger partial charge on any atom is 0.115 e. The van der Waals surface area contributed by atoms with Crippen molar-refractivity contribution in [3.05, 3.63) is 0 Å². The molecule has 9 heavy (non-hydrogen) atoms. The van der Waals surface area contributed by atoms with Crippen molar-refractivity contribution >= 4 is 20.7 Å². The molecule has 3 heteroatoms. The SMILES string of the molecule is CC1CC(CS(=O)Cl)C1. The van der Waals surface area contributed by atoms with Gasteiger partial charge in [-0.05, 0) is 35.4 Å². The Morgan fingerprint density at radius 3 is 2.56 bits per heavy atom. The van der Waals surface area contributed by atoms with Gasteiger partial charge in [0.1, 0.15) is 10.0 Å².